The van der Waals surface area contributed by atoms with E-state index in [-0.39, 0.29) is 23.7 Å². The lowest BCUT2D eigenvalue weighted by Gasteiger charge is -2.29. The summed E-state index contributed by atoms with van der Waals surface area (Å²) in [5.41, 5.74) is 2.99. The van der Waals surface area contributed by atoms with E-state index in [1.165, 1.54) is 50.7 Å². The first-order valence-electron chi connectivity index (χ1n) is 14.1. The van der Waals surface area contributed by atoms with Crippen LogP contribution in [0.2, 0.25) is 0 Å². The molecule has 0 N–H and O–H groups in total. The van der Waals surface area contributed by atoms with Gasteiger partial charge in [-0.3, -0.25) is 0 Å². The Morgan fingerprint density at radius 3 is 2.16 bits per heavy atom. The molecule has 202 valence electrons. The number of unbranched alkanes of at least 4 members (excludes halogenated alkanes) is 2. The quantitative estimate of drug-likeness (QED) is 0.180. The Bertz CT molecular complexity index is 1210. The number of hydrogen-bond acceptors (Lipinski definition) is 1. The fourth-order valence-corrected chi connectivity index (χ4v) is 5.59. The largest absolute Gasteiger partial charge is 0.490 e. The molecule has 0 aliphatic heterocycles. The standard InChI is InChI=1S/C34H39F3O/c1-3-5-7-9-24-10-12-25(13-11-24)28-18-19-29(31(35)23-28)26-14-16-27(17-15-26)30-20-21-32(34(37)33(30)36)38-22-8-6-4-2/h4,6,14-21,23-25H,3,5,7-13,22H2,1-2H3. The Morgan fingerprint density at radius 1 is 0.816 bits per heavy atom. The fourth-order valence-electron chi connectivity index (χ4n) is 5.59. The fraction of sp³-hybridized carbons (Fsp3) is 0.412. The maximum Gasteiger partial charge on any atom is 0.201 e. The van der Waals surface area contributed by atoms with Gasteiger partial charge in [-0.15, -0.1) is 0 Å². The van der Waals surface area contributed by atoms with Crippen molar-refractivity contribution >= 4 is 0 Å². The minimum absolute atomic E-state index is 0.0977. The molecule has 1 saturated carbocycles. The van der Waals surface area contributed by atoms with Crippen molar-refractivity contribution in [3.63, 3.8) is 0 Å². The number of ether oxygens (including phenoxy) is 1. The summed E-state index contributed by atoms with van der Waals surface area (Å²) in [6.07, 6.45) is 14.4. The number of allylic oxidation sites excluding steroid dienone is 1. The molecule has 0 saturated heterocycles. The van der Waals surface area contributed by atoms with Gasteiger partial charge in [-0.1, -0.05) is 81.2 Å². The van der Waals surface area contributed by atoms with Gasteiger partial charge in [0.15, 0.2) is 11.6 Å². The molecular formula is C34H39F3O. The Kier molecular flexibility index (Phi) is 10.1. The van der Waals surface area contributed by atoms with Gasteiger partial charge in [0.05, 0.1) is 6.61 Å². The van der Waals surface area contributed by atoms with E-state index >= 15 is 4.39 Å². The van der Waals surface area contributed by atoms with Gasteiger partial charge in [-0.05, 0) is 85.8 Å². The van der Waals surface area contributed by atoms with Crippen LogP contribution in [0.4, 0.5) is 13.2 Å². The molecule has 1 fully saturated rings. The van der Waals surface area contributed by atoms with Crippen LogP contribution < -0.4 is 4.74 Å². The zero-order valence-corrected chi connectivity index (χ0v) is 22.6. The monoisotopic (exact) mass is 520 g/mol. The molecule has 3 aromatic carbocycles. The van der Waals surface area contributed by atoms with E-state index in [0.29, 0.717) is 29.0 Å². The van der Waals surface area contributed by atoms with Gasteiger partial charge in [0.25, 0.3) is 0 Å². The lowest BCUT2D eigenvalue weighted by atomic mass is 9.77. The van der Waals surface area contributed by atoms with Crippen molar-refractivity contribution in [1.29, 1.82) is 0 Å². The molecule has 0 aromatic heterocycles. The molecule has 0 heterocycles. The molecule has 0 bridgehead atoms. The Hall–Kier alpha value is -3.01. The molecule has 0 unspecified atom stereocenters. The highest BCUT2D eigenvalue weighted by Crippen LogP contribution is 2.39. The topological polar surface area (TPSA) is 9.23 Å². The first kappa shape index (κ1) is 28.0. The van der Waals surface area contributed by atoms with Crippen molar-refractivity contribution in [2.24, 2.45) is 5.92 Å². The van der Waals surface area contributed by atoms with Crippen molar-refractivity contribution in [3.05, 3.63) is 89.8 Å². The van der Waals surface area contributed by atoms with Gasteiger partial charge in [0.2, 0.25) is 5.82 Å². The van der Waals surface area contributed by atoms with Gasteiger partial charge in [-0.2, -0.15) is 4.39 Å². The van der Waals surface area contributed by atoms with Crippen molar-refractivity contribution < 1.29 is 17.9 Å². The van der Waals surface area contributed by atoms with Crippen LogP contribution in [0.25, 0.3) is 22.3 Å². The summed E-state index contributed by atoms with van der Waals surface area (Å²) in [5.74, 6) is -1.03. The van der Waals surface area contributed by atoms with Gasteiger partial charge in [0.1, 0.15) is 5.82 Å². The van der Waals surface area contributed by atoms with E-state index in [1.54, 1.807) is 30.3 Å². The summed E-state index contributed by atoms with van der Waals surface area (Å²) < 4.78 is 49.9. The van der Waals surface area contributed by atoms with Crippen LogP contribution in [0.1, 0.15) is 83.1 Å². The van der Waals surface area contributed by atoms with E-state index in [0.717, 1.165) is 24.3 Å². The van der Waals surface area contributed by atoms with E-state index in [4.69, 9.17) is 4.74 Å². The van der Waals surface area contributed by atoms with Crippen LogP contribution in [0.15, 0.2) is 66.7 Å². The van der Waals surface area contributed by atoms with E-state index in [1.807, 2.05) is 25.1 Å². The highest BCUT2D eigenvalue weighted by atomic mass is 19.2. The second-order valence-electron chi connectivity index (χ2n) is 10.5. The van der Waals surface area contributed by atoms with Crippen molar-refractivity contribution in [2.45, 2.75) is 77.6 Å². The van der Waals surface area contributed by atoms with Crippen LogP contribution >= 0.6 is 0 Å². The second kappa shape index (κ2) is 13.7. The van der Waals surface area contributed by atoms with E-state index in [2.05, 4.69) is 13.0 Å². The van der Waals surface area contributed by atoms with Crippen LogP contribution in [0.5, 0.6) is 5.75 Å². The summed E-state index contributed by atoms with van der Waals surface area (Å²) in [5, 5.41) is 0. The predicted molar refractivity (Wildman–Crippen MR) is 151 cm³/mol. The third-order valence-electron chi connectivity index (χ3n) is 7.86. The summed E-state index contributed by atoms with van der Waals surface area (Å²) in [4.78, 5) is 0. The minimum atomic E-state index is -0.997. The molecule has 1 aliphatic rings. The molecule has 4 heteroatoms. The lowest BCUT2D eigenvalue weighted by Crippen LogP contribution is -2.13. The average Bonchev–Trinajstić information content (AvgIpc) is 2.94. The van der Waals surface area contributed by atoms with Crippen LogP contribution in [-0.2, 0) is 0 Å². The first-order valence-corrected chi connectivity index (χ1v) is 14.1. The van der Waals surface area contributed by atoms with Crippen LogP contribution in [0.3, 0.4) is 0 Å². The molecule has 4 rings (SSSR count). The SMILES string of the molecule is CC=CCCOc1ccc(-c2ccc(-c3ccc(C4CCC(CCCCC)CC4)cc3F)cc2)c(F)c1F. The number of hydrogen-bond donors (Lipinski definition) is 0. The van der Waals surface area contributed by atoms with Gasteiger partial charge in [0, 0.05) is 11.1 Å². The molecular weight excluding hydrogens is 481 g/mol. The minimum Gasteiger partial charge on any atom is -0.490 e. The second-order valence-corrected chi connectivity index (χ2v) is 10.5. The molecule has 0 radical (unpaired) electrons. The number of rotatable bonds is 11. The lowest BCUT2D eigenvalue weighted by molar-refractivity contribution is 0.301. The predicted octanol–water partition coefficient (Wildman–Crippen LogP) is 10.6. The highest BCUT2D eigenvalue weighted by Gasteiger charge is 2.23. The average molecular weight is 521 g/mol. The van der Waals surface area contributed by atoms with Crippen LogP contribution in [-0.4, -0.2) is 6.61 Å². The molecule has 1 aliphatic carbocycles. The Morgan fingerprint density at radius 2 is 1.50 bits per heavy atom. The molecule has 0 atom stereocenters. The van der Waals surface area contributed by atoms with Crippen molar-refractivity contribution in [1.82, 2.24) is 0 Å². The Labute approximate surface area is 225 Å². The normalized spacial score (nSPS) is 17.7. The summed E-state index contributed by atoms with van der Waals surface area (Å²) in [6.45, 7) is 4.41. The van der Waals surface area contributed by atoms with Gasteiger partial charge in [-0.25, -0.2) is 8.78 Å². The van der Waals surface area contributed by atoms with Gasteiger partial charge < -0.3 is 4.74 Å². The van der Waals surface area contributed by atoms with Gasteiger partial charge >= 0.3 is 0 Å². The maximum absolute atomic E-state index is 15.2. The molecule has 3 aromatic rings. The third-order valence-corrected chi connectivity index (χ3v) is 7.86. The number of benzene rings is 3. The van der Waals surface area contributed by atoms with E-state index < -0.39 is 11.6 Å². The first-order chi connectivity index (χ1) is 18.5. The number of halogens is 3. The molecule has 38 heavy (non-hydrogen) atoms. The molecule has 0 amide bonds. The highest BCUT2D eigenvalue weighted by molar-refractivity contribution is 5.71. The maximum atomic E-state index is 15.2. The zero-order chi connectivity index (χ0) is 26.9. The van der Waals surface area contributed by atoms with Crippen molar-refractivity contribution in [2.75, 3.05) is 6.61 Å². The molecule has 1 nitrogen and oxygen atoms in total. The summed E-state index contributed by atoms with van der Waals surface area (Å²) in [7, 11) is 0. The summed E-state index contributed by atoms with van der Waals surface area (Å²) >= 11 is 0. The van der Waals surface area contributed by atoms with Crippen LogP contribution in [0, 0.1) is 23.4 Å². The zero-order valence-electron chi connectivity index (χ0n) is 22.6. The summed E-state index contributed by atoms with van der Waals surface area (Å²) in [6, 6.07) is 15.5. The smallest absolute Gasteiger partial charge is 0.201 e. The van der Waals surface area contributed by atoms with E-state index in [9.17, 15) is 8.78 Å². The Balaban J connectivity index is 1.42. The van der Waals surface area contributed by atoms with Crippen molar-refractivity contribution in [3.8, 4) is 28.0 Å². The molecule has 0 spiro atoms. The third kappa shape index (κ3) is 6.89.